The standard InChI is InChI=1S/C26H45NO3/c1-3-4-5-6-7-8-9-10-11-12-13-14-15-18-21-27-26(28)24-19-16-17-20-25(24)30-23-22-29-2/h16-17,19-20H,3-15,18,21-23H2,1-2H3,(H,27,28). The summed E-state index contributed by atoms with van der Waals surface area (Å²) in [6, 6.07) is 7.39. The van der Waals surface area contributed by atoms with Crippen molar-refractivity contribution >= 4 is 5.91 Å². The lowest BCUT2D eigenvalue weighted by molar-refractivity contribution is 0.0945. The van der Waals surface area contributed by atoms with Gasteiger partial charge in [0.05, 0.1) is 12.2 Å². The number of nitrogens with one attached hydrogen (secondary N) is 1. The second-order valence-corrected chi connectivity index (χ2v) is 8.19. The van der Waals surface area contributed by atoms with E-state index in [2.05, 4.69) is 12.2 Å². The first-order valence-corrected chi connectivity index (χ1v) is 12.3. The molecule has 0 fully saturated rings. The zero-order chi connectivity index (χ0) is 21.7. The molecule has 4 nitrogen and oxygen atoms in total. The van der Waals surface area contributed by atoms with Crippen molar-refractivity contribution in [1.29, 1.82) is 0 Å². The van der Waals surface area contributed by atoms with Crippen molar-refractivity contribution in [3.8, 4) is 5.75 Å². The van der Waals surface area contributed by atoms with E-state index in [0.717, 1.165) is 13.0 Å². The molecule has 1 aromatic carbocycles. The number of carbonyl (C=O) groups excluding carboxylic acids is 1. The zero-order valence-electron chi connectivity index (χ0n) is 19.6. The fourth-order valence-electron chi connectivity index (χ4n) is 3.63. The first kappa shape index (κ1) is 26.5. The summed E-state index contributed by atoms with van der Waals surface area (Å²) < 4.78 is 10.6. The maximum absolute atomic E-state index is 12.4. The van der Waals surface area contributed by atoms with Crippen LogP contribution in [0.3, 0.4) is 0 Å². The highest BCUT2D eigenvalue weighted by molar-refractivity contribution is 5.96. The minimum Gasteiger partial charge on any atom is -0.490 e. The summed E-state index contributed by atoms with van der Waals surface area (Å²) in [4.78, 5) is 12.4. The fourth-order valence-corrected chi connectivity index (χ4v) is 3.63. The van der Waals surface area contributed by atoms with E-state index >= 15 is 0 Å². The van der Waals surface area contributed by atoms with Gasteiger partial charge >= 0.3 is 0 Å². The number of para-hydroxylation sites is 1. The Kier molecular flexibility index (Phi) is 17.1. The molecule has 0 aromatic heterocycles. The molecule has 30 heavy (non-hydrogen) atoms. The number of ether oxygens (including phenoxy) is 2. The van der Waals surface area contributed by atoms with Gasteiger partial charge in [0.15, 0.2) is 0 Å². The van der Waals surface area contributed by atoms with Gasteiger partial charge in [0.2, 0.25) is 0 Å². The first-order chi connectivity index (χ1) is 14.8. The average Bonchev–Trinajstić information content (AvgIpc) is 2.77. The summed E-state index contributed by atoms with van der Waals surface area (Å²) in [7, 11) is 1.64. The zero-order valence-corrected chi connectivity index (χ0v) is 19.6. The van der Waals surface area contributed by atoms with Crippen LogP contribution in [0.2, 0.25) is 0 Å². The molecule has 0 heterocycles. The largest absolute Gasteiger partial charge is 0.490 e. The van der Waals surface area contributed by atoms with E-state index in [0.29, 0.717) is 24.5 Å². The highest BCUT2D eigenvalue weighted by Crippen LogP contribution is 2.18. The molecule has 1 aromatic rings. The number of unbranched alkanes of at least 4 members (excludes halogenated alkanes) is 13. The molecule has 0 atom stereocenters. The Bertz CT molecular complexity index is 533. The van der Waals surface area contributed by atoms with Crippen molar-refractivity contribution in [2.75, 3.05) is 26.9 Å². The second-order valence-electron chi connectivity index (χ2n) is 8.19. The van der Waals surface area contributed by atoms with Gasteiger partial charge in [-0.2, -0.15) is 0 Å². The minimum absolute atomic E-state index is 0.0577. The number of amides is 1. The van der Waals surface area contributed by atoms with E-state index in [1.54, 1.807) is 7.11 Å². The van der Waals surface area contributed by atoms with Crippen LogP contribution in [0.5, 0.6) is 5.75 Å². The first-order valence-electron chi connectivity index (χ1n) is 12.3. The Balaban J connectivity index is 1.97. The van der Waals surface area contributed by atoms with Gasteiger partial charge < -0.3 is 14.8 Å². The maximum Gasteiger partial charge on any atom is 0.255 e. The quantitative estimate of drug-likeness (QED) is 0.233. The van der Waals surface area contributed by atoms with Crippen LogP contribution in [-0.2, 0) is 4.74 Å². The molecule has 1 N–H and O–H groups in total. The summed E-state index contributed by atoms with van der Waals surface area (Å²) in [5, 5.41) is 3.02. The Morgan fingerprint density at radius 3 is 1.87 bits per heavy atom. The Morgan fingerprint density at radius 1 is 0.767 bits per heavy atom. The number of benzene rings is 1. The number of methoxy groups -OCH3 is 1. The van der Waals surface area contributed by atoms with Crippen LogP contribution in [0.4, 0.5) is 0 Å². The summed E-state index contributed by atoms with van der Waals surface area (Å²) >= 11 is 0. The SMILES string of the molecule is CCCCCCCCCCCCCCCCNC(=O)c1ccccc1OCCOC. The Hall–Kier alpha value is -1.55. The van der Waals surface area contributed by atoms with Gasteiger partial charge in [0, 0.05) is 13.7 Å². The fraction of sp³-hybridized carbons (Fsp3) is 0.731. The minimum atomic E-state index is -0.0577. The monoisotopic (exact) mass is 419 g/mol. The van der Waals surface area contributed by atoms with Gasteiger partial charge in [-0.3, -0.25) is 4.79 Å². The van der Waals surface area contributed by atoms with Gasteiger partial charge in [0.1, 0.15) is 12.4 Å². The van der Waals surface area contributed by atoms with Crippen molar-refractivity contribution in [2.24, 2.45) is 0 Å². The van der Waals surface area contributed by atoms with Crippen molar-refractivity contribution < 1.29 is 14.3 Å². The van der Waals surface area contributed by atoms with E-state index in [-0.39, 0.29) is 5.91 Å². The smallest absolute Gasteiger partial charge is 0.255 e. The summed E-state index contributed by atoms with van der Waals surface area (Å²) in [5.41, 5.74) is 0.596. The third kappa shape index (κ3) is 13.6. The summed E-state index contributed by atoms with van der Waals surface area (Å²) in [6.07, 6.45) is 18.8. The molecule has 0 aliphatic rings. The van der Waals surface area contributed by atoms with Gasteiger partial charge in [-0.1, -0.05) is 103 Å². The lowest BCUT2D eigenvalue weighted by Crippen LogP contribution is -2.25. The molecule has 0 unspecified atom stereocenters. The number of rotatable bonds is 20. The molecule has 0 saturated heterocycles. The van der Waals surface area contributed by atoms with Crippen LogP contribution in [0.25, 0.3) is 0 Å². The van der Waals surface area contributed by atoms with Crippen LogP contribution in [0, 0.1) is 0 Å². The number of carbonyl (C=O) groups is 1. The molecular weight excluding hydrogens is 374 g/mol. The van der Waals surface area contributed by atoms with Gasteiger partial charge in [-0.25, -0.2) is 0 Å². The molecule has 0 bridgehead atoms. The molecular formula is C26H45NO3. The molecule has 1 rings (SSSR count). The maximum atomic E-state index is 12.4. The number of hydrogen-bond donors (Lipinski definition) is 1. The molecule has 0 spiro atoms. The highest BCUT2D eigenvalue weighted by Gasteiger charge is 2.11. The van der Waals surface area contributed by atoms with E-state index in [4.69, 9.17) is 9.47 Å². The van der Waals surface area contributed by atoms with Crippen LogP contribution in [0.15, 0.2) is 24.3 Å². The molecule has 172 valence electrons. The average molecular weight is 420 g/mol. The normalized spacial score (nSPS) is 10.9. The molecule has 0 radical (unpaired) electrons. The highest BCUT2D eigenvalue weighted by atomic mass is 16.5. The van der Waals surface area contributed by atoms with Gasteiger partial charge in [0.25, 0.3) is 5.91 Å². The third-order valence-corrected chi connectivity index (χ3v) is 5.49. The van der Waals surface area contributed by atoms with Crippen LogP contribution in [0.1, 0.15) is 107 Å². The predicted molar refractivity (Wildman–Crippen MR) is 126 cm³/mol. The molecule has 0 saturated carbocycles. The molecule has 1 amide bonds. The number of hydrogen-bond acceptors (Lipinski definition) is 3. The van der Waals surface area contributed by atoms with Gasteiger partial charge in [-0.15, -0.1) is 0 Å². The lowest BCUT2D eigenvalue weighted by Gasteiger charge is -2.11. The molecule has 0 aliphatic carbocycles. The van der Waals surface area contributed by atoms with Crippen molar-refractivity contribution in [2.45, 2.75) is 96.8 Å². The van der Waals surface area contributed by atoms with E-state index < -0.39 is 0 Å². The molecule has 0 aliphatic heterocycles. The second kappa shape index (κ2) is 19.4. The van der Waals surface area contributed by atoms with Crippen LogP contribution < -0.4 is 10.1 Å². The Labute approximate surface area is 185 Å². The predicted octanol–water partition coefficient (Wildman–Crippen LogP) is 6.92. The Morgan fingerprint density at radius 2 is 1.30 bits per heavy atom. The van der Waals surface area contributed by atoms with Crippen molar-refractivity contribution in [1.82, 2.24) is 5.32 Å². The van der Waals surface area contributed by atoms with E-state index in [1.165, 1.54) is 83.5 Å². The van der Waals surface area contributed by atoms with Gasteiger partial charge in [-0.05, 0) is 18.6 Å². The van der Waals surface area contributed by atoms with Crippen LogP contribution >= 0.6 is 0 Å². The van der Waals surface area contributed by atoms with E-state index in [9.17, 15) is 4.79 Å². The van der Waals surface area contributed by atoms with Crippen LogP contribution in [-0.4, -0.2) is 32.8 Å². The summed E-state index contributed by atoms with van der Waals surface area (Å²) in [5.74, 6) is 0.561. The van der Waals surface area contributed by atoms with Crippen molar-refractivity contribution in [3.05, 3.63) is 29.8 Å². The lowest BCUT2D eigenvalue weighted by atomic mass is 10.0. The molecule has 4 heteroatoms. The third-order valence-electron chi connectivity index (χ3n) is 5.49. The van der Waals surface area contributed by atoms with E-state index in [1.807, 2.05) is 24.3 Å². The topological polar surface area (TPSA) is 47.6 Å². The summed E-state index contributed by atoms with van der Waals surface area (Å²) in [6.45, 7) is 3.95. The van der Waals surface area contributed by atoms with Crippen molar-refractivity contribution in [3.63, 3.8) is 0 Å².